The van der Waals surface area contributed by atoms with Gasteiger partial charge in [-0.3, -0.25) is 18.7 Å². The number of amides is 2. The summed E-state index contributed by atoms with van der Waals surface area (Å²) in [5.41, 5.74) is 1.09. The number of hydrogen-bond acceptors (Lipinski definition) is 6. The molecule has 2 amide bonds. The summed E-state index contributed by atoms with van der Waals surface area (Å²) < 4.78 is 33.1. The average Bonchev–Trinajstić information content (AvgIpc) is 2.72. The Labute approximate surface area is 170 Å². The van der Waals surface area contributed by atoms with Gasteiger partial charge in [0.2, 0.25) is 5.91 Å². The van der Waals surface area contributed by atoms with Crippen molar-refractivity contribution in [3.05, 3.63) is 59.2 Å². The molecule has 1 heterocycles. The van der Waals surface area contributed by atoms with Crippen LogP contribution in [0.15, 0.2) is 47.4 Å². The van der Waals surface area contributed by atoms with E-state index in [1.54, 1.807) is 44.2 Å². The first-order valence-corrected chi connectivity index (χ1v) is 10.5. The third kappa shape index (κ3) is 3.77. The van der Waals surface area contributed by atoms with Gasteiger partial charge in [0.25, 0.3) is 16.0 Å². The second kappa shape index (κ2) is 7.61. The minimum absolute atomic E-state index is 0.0519. The zero-order valence-electron chi connectivity index (χ0n) is 16.8. The van der Waals surface area contributed by atoms with Crippen LogP contribution in [-0.2, 0) is 30.9 Å². The van der Waals surface area contributed by atoms with Gasteiger partial charge in [0.1, 0.15) is 5.75 Å². The molecule has 7 nitrogen and oxygen atoms in total. The molecule has 0 aliphatic carbocycles. The minimum Gasteiger partial charge on any atom is -0.497 e. The van der Waals surface area contributed by atoms with Crippen molar-refractivity contribution in [2.45, 2.75) is 30.6 Å². The van der Waals surface area contributed by atoms with E-state index in [-0.39, 0.29) is 23.3 Å². The van der Waals surface area contributed by atoms with Gasteiger partial charge in [-0.25, -0.2) is 0 Å². The third-order valence-electron chi connectivity index (χ3n) is 5.21. The summed E-state index contributed by atoms with van der Waals surface area (Å²) in [5.74, 6) is -0.0716. The SMILES string of the molecule is COc1ccc2c(c1)C(=O)N(CCc1ccc(S(=O)(=O)OC)cc1)C(=O)C2(C)C. The van der Waals surface area contributed by atoms with Crippen LogP contribution in [0.5, 0.6) is 5.75 Å². The number of fused-ring (bicyclic) bond motifs is 1. The first kappa shape index (κ1) is 21.0. The summed E-state index contributed by atoms with van der Waals surface area (Å²) in [4.78, 5) is 27.3. The van der Waals surface area contributed by atoms with E-state index in [0.717, 1.165) is 12.7 Å². The van der Waals surface area contributed by atoms with E-state index in [0.29, 0.717) is 23.3 Å². The maximum atomic E-state index is 13.0. The zero-order chi connectivity index (χ0) is 21.4. The Balaban J connectivity index is 1.84. The van der Waals surface area contributed by atoms with Crippen LogP contribution in [0, 0.1) is 0 Å². The Bertz CT molecular complexity index is 1060. The lowest BCUT2D eigenvalue weighted by Crippen LogP contribution is -2.52. The van der Waals surface area contributed by atoms with Gasteiger partial charge in [0.05, 0.1) is 24.5 Å². The Morgan fingerprint density at radius 1 is 1.00 bits per heavy atom. The second-order valence-electron chi connectivity index (χ2n) is 7.31. The van der Waals surface area contributed by atoms with Crippen LogP contribution in [-0.4, -0.2) is 45.9 Å². The average molecular weight is 417 g/mol. The van der Waals surface area contributed by atoms with Crippen LogP contribution in [0.25, 0.3) is 0 Å². The van der Waals surface area contributed by atoms with Gasteiger partial charge in [0, 0.05) is 12.1 Å². The highest BCUT2D eigenvalue weighted by atomic mass is 32.2. The van der Waals surface area contributed by atoms with Crippen LogP contribution in [0.2, 0.25) is 0 Å². The van der Waals surface area contributed by atoms with Crippen LogP contribution in [0.1, 0.15) is 35.3 Å². The fourth-order valence-electron chi connectivity index (χ4n) is 3.43. The molecule has 2 aromatic carbocycles. The molecule has 0 bridgehead atoms. The molecule has 29 heavy (non-hydrogen) atoms. The van der Waals surface area contributed by atoms with Crippen LogP contribution < -0.4 is 4.74 Å². The molecular weight excluding hydrogens is 394 g/mol. The molecule has 0 atom stereocenters. The highest BCUT2D eigenvalue weighted by Gasteiger charge is 2.44. The van der Waals surface area contributed by atoms with Gasteiger partial charge in [-0.1, -0.05) is 18.2 Å². The van der Waals surface area contributed by atoms with Crippen molar-refractivity contribution >= 4 is 21.9 Å². The van der Waals surface area contributed by atoms with E-state index in [1.807, 2.05) is 0 Å². The van der Waals surface area contributed by atoms with Crippen molar-refractivity contribution in [3.8, 4) is 5.75 Å². The normalized spacial score (nSPS) is 15.9. The van der Waals surface area contributed by atoms with E-state index in [4.69, 9.17) is 4.74 Å². The quantitative estimate of drug-likeness (QED) is 0.530. The van der Waals surface area contributed by atoms with E-state index >= 15 is 0 Å². The summed E-state index contributed by atoms with van der Waals surface area (Å²) in [6, 6.07) is 11.3. The molecule has 0 aromatic heterocycles. The van der Waals surface area contributed by atoms with Gasteiger partial charge in [-0.05, 0) is 55.7 Å². The smallest absolute Gasteiger partial charge is 0.296 e. The Morgan fingerprint density at radius 3 is 2.24 bits per heavy atom. The molecule has 0 saturated heterocycles. The number of nitrogens with zero attached hydrogens (tertiary/aromatic N) is 1. The predicted octanol–water partition coefficient (Wildman–Crippen LogP) is 2.53. The lowest BCUT2D eigenvalue weighted by molar-refractivity contribution is -0.134. The van der Waals surface area contributed by atoms with Crippen molar-refractivity contribution in [1.82, 2.24) is 4.90 Å². The van der Waals surface area contributed by atoms with Gasteiger partial charge in [0.15, 0.2) is 0 Å². The lowest BCUT2D eigenvalue weighted by Gasteiger charge is -2.37. The Hall–Kier alpha value is -2.71. The molecular formula is C21H23NO6S. The monoisotopic (exact) mass is 417 g/mol. The number of carbonyl (C=O) groups is 2. The molecule has 1 aliphatic heterocycles. The largest absolute Gasteiger partial charge is 0.497 e. The van der Waals surface area contributed by atoms with E-state index in [9.17, 15) is 18.0 Å². The molecule has 0 saturated carbocycles. The fourth-order valence-corrected chi connectivity index (χ4v) is 4.09. The summed E-state index contributed by atoms with van der Waals surface area (Å²) in [6.07, 6.45) is 0.403. The topological polar surface area (TPSA) is 90.0 Å². The maximum Gasteiger partial charge on any atom is 0.296 e. The Kier molecular flexibility index (Phi) is 5.51. The molecule has 0 radical (unpaired) electrons. The van der Waals surface area contributed by atoms with Gasteiger partial charge in [-0.2, -0.15) is 8.42 Å². The number of rotatable bonds is 6. The molecule has 8 heteroatoms. The molecule has 3 rings (SSSR count). The van der Waals surface area contributed by atoms with E-state index < -0.39 is 15.5 Å². The zero-order valence-corrected chi connectivity index (χ0v) is 17.6. The standard InChI is InChI=1S/C21H23NO6S/c1-21(2)18-10-7-15(27-3)13-17(18)19(23)22(20(21)24)12-11-14-5-8-16(9-6-14)29(25,26)28-4/h5-10,13H,11-12H2,1-4H3. The highest BCUT2D eigenvalue weighted by Crippen LogP contribution is 2.36. The molecule has 0 N–H and O–H groups in total. The molecule has 154 valence electrons. The maximum absolute atomic E-state index is 13.0. The first-order valence-electron chi connectivity index (χ1n) is 9.06. The minimum atomic E-state index is -3.75. The number of hydrogen-bond donors (Lipinski definition) is 0. The molecule has 1 aliphatic rings. The number of benzene rings is 2. The third-order valence-corrected chi connectivity index (χ3v) is 6.50. The van der Waals surface area contributed by atoms with Crippen LogP contribution >= 0.6 is 0 Å². The van der Waals surface area contributed by atoms with Crippen molar-refractivity contribution in [3.63, 3.8) is 0 Å². The van der Waals surface area contributed by atoms with Crippen molar-refractivity contribution in [2.75, 3.05) is 20.8 Å². The van der Waals surface area contributed by atoms with E-state index in [2.05, 4.69) is 4.18 Å². The first-order chi connectivity index (χ1) is 13.6. The summed E-state index contributed by atoms with van der Waals surface area (Å²) >= 11 is 0. The lowest BCUT2D eigenvalue weighted by atomic mass is 9.77. The van der Waals surface area contributed by atoms with Crippen LogP contribution in [0.4, 0.5) is 0 Å². The number of carbonyl (C=O) groups excluding carboxylic acids is 2. The number of methoxy groups -OCH3 is 1. The fraction of sp³-hybridized carbons (Fsp3) is 0.333. The highest BCUT2D eigenvalue weighted by molar-refractivity contribution is 7.86. The van der Waals surface area contributed by atoms with Crippen molar-refractivity contribution in [1.29, 1.82) is 0 Å². The van der Waals surface area contributed by atoms with Gasteiger partial charge in [-0.15, -0.1) is 0 Å². The van der Waals surface area contributed by atoms with Crippen LogP contribution in [0.3, 0.4) is 0 Å². The molecule has 2 aromatic rings. The van der Waals surface area contributed by atoms with Crippen molar-refractivity contribution < 1.29 is 26.9 Å². The van der Waals surface area contributed by atoms with E-state index in [1.165, 1.54) is 24.1 Å². The molecule has 0 unspecified atom stereocenters. The molecule has 0 spiro atoms. The number of ether oxygens (including phenoxy) is 1. The molecule has 0 fully saturated rings. The predicted molar refractivity (Wildman–Crippen MR) is 106 cm³/mol. The Morgan fingerprint density at radius 2 is 1.66 bits per heavy atom. The second-order valence-corrected chi connectivity index (χ2v) is 9.03. The summed E-state index contributed by atoms with van der Waals surface area (Å²) in [6.45, 7) is 3.78. The van der Waals surface area contributed by atoms with Crippen molar-refractivity contribution in [2.24, 2.45) is 0 Å². The summed E-state index contributed by atoms with van der Waals surface area (Å²) in [5, 5.41) is 0. The summed E-state index contributed by atoms with van der Waals surface area (Å²) in [7, 11) is -1.13. The number of imide groups is 1. The van der Waals surface area contributed by atoms with Gasteiger partial charge < -0.3 is 4.74 Å². The van der Waals surface area contributed by atoms with Gasteiger partial charge >= 0.3 is 0 Å².